The molecular formula is C18H24ClFN2O4. The molecule has 2 atom stereocenters. The molecule has 1 fully saturated rings. The van der Waals surface area contributed by atoms with E-state index in [1.807, 2.05) is 0 Å². The van der Waals surface area contributed by atoms with E-state index in [2.05, 4.69) is 5.32 Å². The Bertz CT molecular complexity index is 656. The Labute approximate surface area is 157 Å². The number of nitrogens with one attached hydrogen (secondary N) is 1. The zero-order chi connectivity index (χ0) is 19.3. The first-order valence-electron chi connectivity index (χ1n) is 8.62. The lowest BCUT2D eigenvalue weighted by Gasteiger charge is -2.22. The second-order valence-corrected chi connectivity index (χ2v) is 7.07. The summed E-state index contributed by atoms with van der Waals surface area (Å²) >= 11 is 5.68. The molecule has 1 aromatic rings. The minimum Gasteiger partial charge on any atom is -0.484 e. The first kappa shape index (κ1) is 20.5. The van der Waals surface area contributed by atoms with Gasteiger partial charge in [0.25, 0.3) is 5.91 Å². The number of aliphatic hydroxyl groups is 1. The smallest absolute Gasteiger partial charge is 0.260 e. The molecule has 2 rings (SSSR count). The molecule has 0 radical (unpaired) electrons. The number of halogens is 2. The monoisotopic (exact) mass is 386 g/mol. The predicted molar refractivity (Wildman–Crippen MR) is 95.5 cm³/mol. The van der Waals surface area contributed by atoms with Crippen molar-refractivity contribution in [2.45, 2.75) is 38.8 Å². The summed E-state index contributed by atoms with van der Waals surface area (Å²) in [5, 5.41) is 13.0. The summed E-state index contributed by atoms with van der Waals surface area (Å²) in [5.41, 5.74) is 0. The van der Waals surface area contributed by atoms with E-state index in [0.29, 0.717) is 31.7 Å². The third-order valence-electron chi connectivity index (χ3n) is 4.33. The fourth-order valence-corrected chi connectivity index (χ4v) is 2.83. The summed E-state index contributed by atoms with van der Waals surface area (Å²) in [4.78, 5) is 25.8. The lowest BCUT2D eigenvalue weighted by molar-refractivity contribution is -0.133. The summed E-state index contributed by atoms with van der Waals surface area (Å²) < 4.78 is 18.5. The van der Waals surface area contributed by atoms with Crippen molar-refractivity contribution in [3.8, 4) is 5.75 Å². The van der Waals surface area contributed by atoms with Gasteiger partial charge in [-0.3, -0.25) is 9.59 Å². The Morgan fingerprint density at radius 2 is 2.08 bits per heavy atom. The number of ether oxygens (including phenoxy) is 1. The van der Waals surface area contributed by atoms with Gasteiger partial charge in [0.1, 0.15) is 11.6 Å². The average molecular weight is 387 g/mol. The van der Waals surface area contributed by atoms with Crippen molar-refractivity contribution >= 4 is 23.4 Å². The summed E-state index contributed by atoms with van der Waals surface area (Å²) in [5.74, 6) is -0.777. The second kappa shape index (κ2) is 9.19. The van der Waals surface area contributed by atoms with Crippen LogP contribution in [0.3, 0.4) is 0 Å². The molecule has 8 heteroatoms. The first-order valence-corrected chi connectivity index (χ1v) is 8.99. The topological polar surface area (TPSA) is 78.9 Å². The number of amides is 2. The van der Waals surface area contributed by atoms with Crippen molar-refractivity contribution in [1.29, 1.82) is 0 Å². The molecule has 0 unspecified atom stereocenters. The Hall–Kier alpha value is -1.86. The molecule has 1 heterocycles. The summed E-state index contributed by atoms with van der Waals surface area (Å²) in [6.45, 7) is 4.15. The van der Waals surface area contributed by atoms with Crippen LogP contribution in [0.2, 0.25) is 5.02 Å². The van der Waals surface area contributed by atoms with Crippen molar-refractivity contribution in [2.75, 3.05) is 19.7 Å². The van der Waals surface area contributed by atoms with E-state index in [4.69, 9.17) is 16.3 Å². The van der Waals surface area contributed by atoms with Gasteiger partial charge in [0, 0.05) is 25.1 Å². The van der Waals surface area contributed by atoms with E-state index in [-0.39, 0.29) is 35.4 Å². The summed E-state index contributed by atoms with van der Waals surface area (Å²) in [6.07, 6.45) is 0.137. The number of benzene rings is 1. The quantitative estimate of drug-likeness (QED) is 0.811. The Kier molecular flexibility index (Phi) is 7.23. The van der Waals surface area contributed by atoms with Crippen LogP contribution in [0.4, 0.5) is 4.39 Å². The summed E-state index contributed by atoms with van der Waals surface area (Å²) in [6, 6.07) is 3.51. The SMILES string of the molecule is CC(C)C(=O)N[C@H]1CCN(C(=O)COc2ccc(F)c(Cl)c2)CC[C@@H]1O. The average Bonchev–Trinajstić information content (AvgIpc) is 2.78. The van der Waals surface area contributed by atoms with Crippen molar-refractivity contribution in [1.82, 2.24) is 10.2 Å². The molecular weight excluding hydrogens is 363 g/mol. The number of carbonyl (C=O) groups is 2. The van der Waals surface area contributed by atoms with Crippen molar-refractivity contribution in [2.24, 2.45) is 5.92 Å². The van der Waals surface area contributed by atoms with E-state index >= 15 is 0 Å². The van der Waals surface area contributed by atoms with E-state index < -0.39 is 11.9 Å². The van der Waals surface area contributed by atoms with Crippen LogP contribution in [0.1, 0.15) is 26.7 Å². The molecule has 2 N–H and O–H groups in total. The molecule has 26 heavy (non-hydrogen) atoms. The molecule has 2 amide bonds. The van der Waals surface area contributed by atoms with Gasteiger partial charge >= 0.3 is 0 Å². The van der Waals surface area contributed by atoms with Crippen LogP contribution in [-0.4, -0.2) is 53.7 Å². The van der Waals surface area contributed by atoms with Gasteiger partial charge in [-0.1, -0.05) is 25.4 Å². The maximum absolute atomic E-state index is 13.1. The fraction of sp³-hybridized carbons (Fsp3) is 0.556. The summed E-state index contributed by atoms with van der Waals surface area (Å²) in [7, 11) is 0. The predicted octanol–water partition coefficient (Wildman–Crippen LogP) is 1.98. The Morgan fingerprint density at radius 3 is 2.73 bits per heavy atom. The molecule has 1 aliphatic rings. The van der Waals surface area contributed by atoms with E-state index in [9.17, 15) is 19.1 Å². The number of aliphatic hydroxyl groups excluding tert-OH is 1. The molecule has 1 aliphatic heterocycles. The van der Waals surface area contributed by atoms with Gasteiger partial charge in [-0.2, -0.15) is 0 Å². The molecule has 0 spiro atoms. The van der Waals surface area contributed by atoms with Gasteiger partial charge in [-0.05, 0) is 25.0 Å². The van der Waals surface area contributed by atoms with Crippen LogP contribution in [0.15, 0.2) is 18.2 Å². The van der Waals surface area contributed by atoms with Gasteiger partial charge in [0.15, 0.2) is 6.61 Å². The zero-order valence-electron chi connectivity index (χ0n) is 14.9. The highest BCUT2D eigenvalue weighted by Gasteiger charge is 2.28. The maximum Gasteiger partial charge on any atom is 0.260 e. The van der Waals surface area contributed by atoms with Crippen molar-refractivity contribution in [3.63, 3.8) is 0 Å². The highest BCUT2D eigenvalue weighted by Crippen LogP contribution is 2.21. The highest BCUT2D eigenvalue weighted by atomic mass is 35.5. The third-order valence-corrected chi connectivity index (χ3v) is 4.62. The maximum atomic E-state index is 13.1. The van der Waals surface area contributed by atoms with Crippen LogP contribution >= 0.6 is 11.6 Å². The number of likely N-dealkylation sites (tertiary alicyclic amines) is 1. The van der Waals surface area contributed by atoms with Crippen molar-refractivity contribution < 1.29 is 23.8 Å². The number of hydrogen-bond acceptors (Lipinski definition) is 4. The molecule has 0 saturated carbocycles. The lowest BCUT2D eigenvalue weighted by atomic mass is 10.1. The van der Waals surface area contributed by atoms with Crippen LogP contribution in [0.25, 0.3) is 0 Å². The highest BCUT2D eigenvalue weighted by molar-refractivity contribution is 6.30. The molecule has 1 saturated heterocycles. The number of rotatable bonds is 5. The number of nitrogens with zero attached hydrogens (tertiary/aromatic N) is 1. The van der Waals surface area contributed by atoms with Gasteiger partial charge in [0.05, 0.1) is 17.2 Å². The standard InChI is InChI=1S/C18H24ClFN2O4/c1-11(2)18(25)21-15-5-7-22(8-6-16(15)23)17(24)10-26-12-3-4-14(20)13(19)9-12/h3-4,9,11,15-16,23H,5-8,10H2,1-2H3,(H,21,25)/t15-,16-/m0/s1. The Balaban J connectivity index is 1.87. The number of hydrogen-bond donors (Lipinski definition) is 2. The number of carbonyl (C=O) groups excluding carboxylic acids is 2. The third kappa shape index (κ3) is 5.57. The van der Waals surface area contributed by atoms with Gasteiger partial charge in [-0.25, -0.2) is 4.39 Å². The minimum atomic E-state index is -0.702. The fourth-order valence-electron chi connectivity index (χ4n) is 2.66. The first-order chi connectivity index (χ1) is 12.3. The zero-order valence-corrected chi connectivity index (χ0v) is 15.6. The van der Waals surface area contributed by atoms with Gasteiger partial charge in [-0.15, -0.1) is 0 Å². The second-order valence-electron chi connectivity index (χ2n) is 6.66. The van der Waals surface area contributed by atoms with Crippen LogP contribution in [0, 0.1) is 11.7 Å². The van der Waals surface area contributed by atoms with Gasteiger partial charge in [0.2, 0.25) is 5.91 Å². The van der Waals surface area contributed by atoms with E-state index in [0.717, 1.165) is 0 Å². The molecule has 0 aromatic heterocycles. The normalized spacial score (nSPS) is 20.6. The van der Waals surface area contributed by atoms with Crippen LogP contribution in [-0.2, 0) is 9.59 Å². The molecule has 6 nitrogen and oxygen atoms in total. The van der Waals surface area contributed by atoms with Crippen molar-refractivity contribution in [3.05, 3.63) is 29.0 Å². The molecule has 1 aromatic carbocycles. The van der Waals surface area contributed by atoms with E-state index in [1.54, 1.807) is 18.7 Å². The Morgan fingerprint density at radius 1 is 1.38 bits per heavy atom. The minimum absolute atomic E-state index is 0.0726. The van der Waals surface area contributed by atoms with E-state index in [1.165, 1.54) is 18.2 Å². The lowest BCUT2D eigenvalue weighted by Crippen LogP contribution is -2.44. The van der Waals surface area contributed by atoms with Crippen LogP contribution in [0.5, 0.6) is 5.75 Å². The molecule has 144 valence electrons. The largest absolute Gasteiger partial charge is 0.484 e. The molecule has 0 aliphatic carbocycles. The molecule has 0 bridgehead atoms. The van der Waals surface area contributed by atoms with Gasteiger partial charge < -0.3 is 20.1 Å². The van der Waals surface area contributed by atoms with Crippen LogP contribution < -0.4 is 10.1 Å².